The average Bonchev–Trinajstić information content (AvgIpc) is 2.57. The standard InChI is InChI=1S/C21H19P/c1-4-10-19(11-5-1)16-22(17-20-12-6-2-7-13-20)18-21-14-8-3-9-15-21/h1-17H,18H2. The van der Waals surface area contributed by atoms with Crippen LogP contribution in [0.5, 0.6) is 0 Å². The van der Waals surface area contributed by atoms with Crippen LogP contribution >= 0.6 is 7.17 Å². The van der Waals surface area contributed by atoms with Gasteiger partial charge in [0.2, 0.25) is 0 Å². The van der Waals surface area contributed by atoms with E-state index in [-0.39, 0.29) is 7.17 Å². The van der Waals surface area contributed by atoms with Gasteiger partial charge < -0.3 is 0 Å². The van der Waals surface area contributed by atoms with Crippen LogP contribution in [0.1, 0.15) is 16.7 Å². The summed E-state index contributed by atoms with van der Waals surface area (Å²) in [6.07, 6.45) is 1.08. The fraction of sp³-hybridized carbons (Fsp3) is 0.0476. The lowest BCUT2D eigenvalue weighted by Gasteiger charge is -2.01. The van der Waals surface area contributed by atoms with Crippen LogP contribution < -0.4 is 0 Å². The molecule has 0 spiro atoms. The van der Waals surface area contributed by atoms with Gasteiger partial charge in [0.1, 0.15) is 0 Å². The van der Waals surface area contributed by atoms with Crippen molar-refractivity contribution in [3.8, 4) is 0 Å². The zero-order valence-corrected chi connectivity index (χ0v) is 13.4. The van der Waals surface area contributed by atoms with Gasteiger partial charge >= 0.3 is 0 Å². The highest BCUT2D eigenvalue weighted by Gasteiger charge is 1.94. The van der Waals surface area contributed by atoms with Crippen LogP contribution in [0.25, 0.3) is 0 Å². The van der Waals surface area contributed by atoms with Gasteiger partial charge in [0.25, 0.3) is 0 Å². The van der Waals surface area contributed by atoms with E-state index in [9.17, 15) is 0 Å². The first kappa shape index (κ1) is 14.6. The first-order valence-corrected chi connectivity index (χ1v) is 9.16. The Hall–Kier alpha value is -2.30. The molecule has 0 heterocycles. The summed E-state index contributed by atoms with van der Waals surface area (Å²) in [6, 6.07) is 32.0. The zero-order chi connectivity index (χ0) is 15.0. The van der Waals surface area contributed by atoms with Crippen LogP contribution in [0.2, 0.25) is 0 Å². The molecule has 0 aliphatic rings. The second-order valence-electron chi connectivity index (χ2n) is 5.24. The molecule has 0 amide bonds. The SMILES string of the molecule is C(c1ccccc1)=P(=Cc1ccccc1)Cc1ccccc1. The summed E-state index contributed by atoms with van der Waals surface area (Å²) in [5.74, 6) is 4.82. The Morgan fingerprint density at radius 1 is 0.545 bits per heavy atom. The Bertz CT molecular complexity index is 734. The van der Waals surface area contributed by atoms with Crippen LogP contribution in [0, 0.1) is 0 Å². The molecule has 0 fully saturated rings. The number of benzene rings is 3. The maximum Gasteiger partial charge on any atom is 0.0111 e. The molecule has 22 heavy (non-hydrogen) atoms. The fourth-order valence-corrected chi connectivity index (χ4v) is 4.38. The van der Waals surface area contributed by atoms with Crippen molar-refractivity contribution in [3.63, 3.8) is 0 Å². The molecular formula is C21H19P. The van der Waals surface area contributed by atoms with Gasteiger partial charge in [0.05, 0.1) is 0 Å². The van der Waals surface area contributed by atoms with Gasteiger partial charge in [-0.25, -0.2) is 0 Å². The first-order valence-electron chi connectivity index (χ1n) is 7.50. The Balaban J connectivity index is 1.99. The van der Waals surface area contributed by atoms with Crippen LogP contribution in [-0.2, 0) is 6.16 Å². The largest absolute Gasteiger partial charge is 0.119 e. The fourth-order valence-electron chi connectivity index (χ4n) is 2.38. The van der Waals surface area contributed by atoms with Gasteiger partial charge in [0, 0.05) is 6.16 Å². The highest BCUT2D eigenvalue weighted by molar-refractivity contribution is 7.57. The van der Waals surface area contributed by atoms with Crippen molar-refractivity contribution in [2.45, 2.75) is 6.16 Å². The van der Waals surface area contributed by atoms with Crippen LogP contribution in [-0.4, -0.2) is 11.6 Å². The maximum atomic E-state index is 2.41. The van der Waals surface area contributed by atoms with Gasteiger partial charge in [0.15, 0.2) is 0 Å². The molecule has 0 bridgehead atoms. The third kappa shape index (κ3) is 4.35. The maximum absolute atomic E-state index is 2.41. The summed E-state index contributed by atoms with van der Waals surface area (Å²) in [5.41, 5.74) is 4.00. The third-order valence-electron chi connectivity index (χ3n) is 3.44. The molecule has 0 N–H and O–H groups in total. The molecule has 0 unspecified atom stereocenters. The van der Waals surface area contributed by atoms with Gasteiger partial charge in [-0.3, -0.25) is 0 Å². The summed E-state index contributed by atoms with van der Waals surface area (Å²) in [6.45, 7) is 0. The molecule has 1 heteroatoms. The van der Waals surface area contributed by atoms with Crippen LogP contribution in [0.3, 0.4) is 0 Å². The molecule has 0 atom stereocenters. The number of hydrogen-bond donors (Lipinski definition) is 0. The van der Waals surface area contributed by atoms with E-state index < -0.39 is 0 Å². The Kier molecular flexibility index (Phi) is 5.08. The van der Waals surface area contributed by atoms with E-state index in [1.54, 1.807) is 0 Å². The second-order valence-corrected chi connectivity index (χ2v) is 7.10. The predicted octanol–water partition coefficient (Wildman–Crippen LogP) is 5.37. The van der Waals surface area contributed by atoms with E-state index in [4.69, 9.17) is 0 Å². The summed E-state index contributed by atoms with van der Waals surface area (Å²) in [7, 11) is -0.340. The Morgan fingerprint density at radius 2 is 0.955 bits per heavy atom. The summed E-state index contributed by atoms with van der Waals surface area (Å²) in [4.78, 5) is 0. The van der Waals surface area contributed by atoms with Crippen LogP contribution in [0.4, 0.5) is 0 Å². The lowest BCUT2D eigenvalue weighted by molar-refractivity contribution is 1.42. The molecule has 0 nitrogen and oxygen atoms in total. The van der Waals surface area contributed by atoms with Crippen molar-refractivity contribution >= 4 is 18.8 Å². The smallest absolute Gasteiger partial charge is 0.0111 e. The van der Waals surface area contributed by atoms with E-state index in [0.29, 0.717) is 0 Å². The van der Waals surface area contributed by atoms with Crippen molar-refractivity contribution in [2.75, 3.05) is 0 Å². The van der Waals surface area contributed by atoms with Crippen molar-refractivity contribution in [2.24, 2.45) is 0 Å². The quantitative estimate of drug-likeness (QED) is 0.568. The number of rotatable bonds is 4. The van der Waals surface area contributed by atoms with Crippen molar-refractivity contribution in [3.05, 3.63) is 108 Å². The Morgan fingerprint density at radius 3 is 1.41 bits per heavy atom. The molecule has 0 saturated heterocycles. The van der Waals surface area contributed by atoms with E-state index in [1.165, 1.54) is 16.7 Å². The molecular weight excluding hydrogens is 283 g/mol. The second kappa shape index (κ2) is 7.64. The molecule has 3 aromatic carbocycles. The minimum absolute atomic E-state index is 0.340. The minimum atomic E-state index is -0.340. The van der Waals surface area contributed by atoms with Gasteiger partial charge in [-0.2, -0.15) is 0 Å². The lowest BCUT2D eigenvalue weighted by Crippen LogP contribution is -1.84. The average molecular weight is 302 g/mol. The molecule has 0 aromatic heterocycles. The van der Waals surface area contributed by atoms with E-state index >= 15 is 0 Å². The highest BCUT2D eigenvalue weighted by Crippen LogP contribution is 2.20. The van der Waals surface area contributed by atoms with Gasteiger partial charge in [-0.1, -0.05) is 91.0 Å². The molecule has 108 valence electrons. The van der Waals surface area contributed by atoms with Gasteiger partial charge in [-0.05, 0) is 28.3 Å². The summed E-state index contributed by atoms with van der Waals surface area (Å²) >= 11 is 0. The van der Waals surface area contributed by atoms with Gasteiger partial charge in [-0.15, -0.1) is 7.17 Å². The third-order valence-corrected chi connectivity index (χ3v) is 5.43. The molecule has 0 aliphatic carbocycles. The molecule has 3 aromatic rings. The summed E-state index contributed by atoms with van der Waals surface area (Å²) in [5, 5.41) is 0. The molecule has 0 saturated carbocycles. The highest BCUT2D eigenvalue weighted by atomic mass is 31.1. The predicted molar refractivity (Wildman–Crippen MR) is 100 cm³/mol. The monoisotopic (exact) mass is 302 g/mol. The normalized spacial score (nSPS) is 11.5. The topological polar surface area (TPSA) is 0 Å². The first-order chi connectivity index (χ1) is 10.9. The Labute approximate surface area is 133 Å². The van der Waals surface area contributed by atoms with E-state index in [2.05, 4.69) is 103 Å². The lowest BCUT2D eigenvalue weighted by atomic mass is 10.2. The minimum Gasteiger partial charge on any atom is -0.119 e. The van der Waals surface area contributed by atoms with E-state index in [0.717, 1.165) is 6.16 Å². The van der Waals surface area contributed by atoms with Crippen LogP contribution in [0.15, 0.2) is 91.0 Å². The zero-order valence-electron chi connectivity index (χ0n) is 12.5. The molecule has 0 radical (unpaired) electrons. The van der Waals surface area contributed by atoms with E-state index in [1.807, 2.05) is 0 Å². The molecule has 0 aliphatic heterocycles. The van der Waals surface area contributed by atoms with Crippen molar-refractivity contribution < 1.29 is 0 Å². The van der Waals surface area contributed by atoms with Crippen molar-refractivity contribution in [1.29, 1.82) is 0 Å². The molecule has 3 rings (SSSR count). The summed E-state index contributed by atoms with van der Waals surface area (Å²) < 4.78 is 0. The van der Waals surface area contributed by atoms with Crippen molar-refractivity contribution in [1.82, 2.24) is 0 Å². The number of hydrogen-bond acceptors (Lipinski definition) is 0.